The summed E-state index contributed by atoms with van der Waals surface area (Å²) >= 11 is 1.33. The van der Waals surface area contributed by atoms with Gasteiger partial charge in [0.25, 0.3) is 5.91 Å². The monoisotopic (exact) mass is 273 g/mol. The van der Waals surface area contributed by atoms with Crippen LogP contribution in [0.5, 0.6) is 5.75 Å². The molecule has 1 aliphatic rings. The number of phenols is 1. The number of amides is 1. The second-order valence-electron chi connectivity index (χ2n) is 4.25. The highest BCUT2D eigenvalue weighted by Crippen LogP contribution is 2.33. The Balaban J connectivity index is 1.97. The number of aromatic nitrogens is 1. The van der Waals surface area contributed by atoms with Gasteiger partial charge in [-0.05, 0) is 19.1 Å². The van der Waals surface area contributed by atoms with Crippen LogP contribution in [-0.4, -0.2) is 21.7 Å². The highest BCUT2D eigenvalue weighted by atomic mass is 32.1. The van der Waals surface area contributed by atoms with Gasteiger partial charge in [0.1, 0.15) is 5.75 Å². The zero-order valence-electron chi connectivity index (χ0n) is 10.2. The number of phenolic OH excluding ortho intramolecular Hbond substituents is 1. The van der Waals surface area contributed by atoms with E-state index in [9.17, 15) is 9.90 Å². The number of rotatable bonds is 2. The lowest BCUT2D eigenvalue weighted by molar-refractivity contribution is -0.116. The molecule has 0 saturated heterocycles. The number of hydrogen-bond donors (Lipinski definition) is 1. The van der Waals surface area contributed by atoms with Gasteiger partial charge in [-0.2, -0.15) is 10.1 Å². The molecule has 0 aliphatic carbocycles. The van der Waals surface area contributed by atoms with Gasteiger partial charge in [-0.25, -0.2) is 4.98 Å². The van der Waals surface area contributed by atoms with Crippen LogP contribution >= 0.6 is 11.3 Å². The topological polar surface area (TPSA) is 65.8 Å². The summed E-state index contributed by atoms with van der Waals surface area (Å²) in [4.78, 5) is 16.1. The van der Waals surface area contributed by atoms with Gasteiger partial charge >= 0.3 is 0 Å². The third-order valence-electron chi connectivity index (χ3n) is 2.77. The van der Waals surface area contributed by atoms with Crippen LogP contribution in [0.25, 0.3) is 11.3 Å². The molecule has 1 aliphatic heterocycles. The number of para-hydroxylation sites is 1. The summed E-state index contributed by atoms with van der Waals surface area (Å²) in [6.45, 7) is 1.81. The Labute approximate surface area is 113 Å². The van der Waals surface area contributed by atoms with Crippen molar-refractivity contribution in [2.45, 2.75) is 13.3 Å². The molecule has 0 bridgehead atoms. The zero-order valence-corrected chi connectivity index (χ0v) is 11.0. The fraction of sp³-hybridized carbons (Fsp3) is 0.154. The Morgan fingerprint density at radius 1 is 1.37 bits per heavy atom. The molecule has 1 aromatic carbocycles. The molecule has 1 aromatic heterocycles. The summed E-state index contributed by atoms with van der Waals surface area (Å²) < 4.78 is 0. The highest BCUT2D eigenvalue weighted by molar-refractivity contribution is 7.14. The average Bonchev–Trinajstić information content (AvgIpc) is 2.96. The molecule has 0 unspecified atom stereocenters. The number of carbonyl (C=O) groups is 1. The van der Waals surface area contributed by atoms with Crippen molar-refractivity contribution in [2.24, 2.45) is 5.10 Å². The molecule has 1 amide bonds. The number of anilines is 1. The molecule has 2 aromatic rings. The van der Waals surface area contributed by atoms with Gasteiger partial charge < -0.3 is 5.11 Å². The summed E-state index contributed by atoms with van der Waals surface area (Å²) in [5.41, 5.74) is 2.08. The minimum Gasteiger partial charge on any atom is -0.507 e. The summed E-state index contributed by atoms with van der Waals surface area (Å²) in [6, 6.07) is 6.98. The SMILES string of the molecule is CC1=NN(c2nc(-c3ccccc3O)cs2)C(=O)C1. The molecule has 0 fully saturated rings. The fourth-order valence-corrected chi connectivity index (χ4v) is 2.67. The van der Waals surface area contributed by atoms with Gasteiger partial charge in [0.15, 0.2) is 0 Å². The van der Waals surface area contributed by atoms with Crippen molar-refractivity contribution in [2.75, 3.05) is 5.01 Å². The van der Waals surface area contributed by atoms with Crippen LogP contribution in [0.1, 0.15) is 13.3 Å². The zero-order chi connectivity index (χ0) is 13.4. The number of aromatic hydroxyl groups is 1. The molecule has 0 atom stereocenters. The molecule has 0 spiro atoms. The van der Waals surface area contributed by atoms with E-state index in [1.165, 1.54) is 16.3 Å². The smallest absolute Gasteiger partial charge is 0.255 e. The van der Waals surface area contributed by atoms with E-state index in [0.717, 1.165) is 5.71 Å². The first-order chi connectivity index (χ1) is 9.15. The highest BCUT2D eigenvalue weighted by Gasteiger charge is 2.25. The molecule has 3 rings (SSSR count). The average molecular weight is 273 g/mol. The second-order valence-corrected chi connectivity index (χ2v) is 5.09. The summed E-state index contributed by atoms with van der Waals surface area (Å²) in [6.07, 6.45) is 0.339. The molecular formula is C13H11N3O2S. The van der Waals surface area contributed by atoms with Crippen LogP contribution in [0.15, 0.2) is 34.7 Å². The Bertz CT molecular complexity index is 678. The van der Waals surface area contributed by atoms with Crippen molar-refractivity contribution in [3.8, 4) is 17.0 Å². The molecule has 6 heteroatoms. The maximum atomic E-state index is 11.7. The number of nitrogens with zero attached hydrogens (tertiary/aromatic N) is 3. The number of carbonyl (C=O) groups excluding carboxylic acids is 1. The van der Waals surface area contributed by atoms with Gasteiger partial charge in [0.05, 0.1) is 12.1 Å². The van der Waals surface area contributed by atoms with Crippen LogP contribution in [-0.2, 0) is 4.79 Å². The van der Waals surface area contributed by atoms with Crippen molar-refractivity contribution >= 4 is 28.1 Å². The predicted molar refractivity (Wildman–Crippen MR) is 74.4 cm³/mol. The first kappa shape index (κ1) is 11.9. The number of thiazole rings is 1. The number of hydrogen-bond acceptors (Lipinski definition) is 5. The molecular weight excluding hydrogens is 262 g/mol. The molecule has 19 heavy (non-hydrogen) atoms. The molecule has 1 N–H and O–H groups in total. The maximum absolute atomic E-state index is 11.7. The van der Waals surface area contributed by atoms with E-state index >= 15 is 0 Å². The third kappa shape index (κ3) is 2.10. The van der Waals surface area contributed by atoms with Crippen LogP contribution in [0, 0.1) is 0 Å². The van der Waals surface area contributed by atoms with E-state index in [1.807, 2.05) is 13.0 Å². The Morgan fingerprint density at radius 2 is 2.16 bits per heavy atom. The molecule has 0 radical (unpaired) electrons. The predicted octanol–water partition coefficient (Wildman–Crippen LogP) is 2.63. The quantitative estimate of drug-likeness (QED) is 0.914. The lowest BCUT2D eigenvalue weighted by Gasteiger charge is -2.06. The van der Waals surface area contributed by atoms with E-state index in [-0.39, 0.29) is 11.7 Å². The Morgan fingerprint density at radius 3 is 2.84 bits per heavy atom. The van der Waals surface area contributed by atoms with Crippen LogP contribution in [0.4, 0.5) is 5.13 Å². The van der Waals surface area contributed by atoms with Gasteiger partial charge in [-0.3, -0.25) is 4.79 Å². The standard InChI is InChI=1S/C13H11N3O2S/c1-8-6-12(18)16(15-8)13-14-10(7-19-13)9-4-2-3-5-11(9)17/h2-5,7,17H,6H2,1H3. The number of benzene rings is 1. The molecule has 5 nitrogen and oxygen atoms in total. The number of hydrazone groups is 1. The van der Waals surface area contributed by atoms with E-state index in [1.54, 1.807) is 23.6 Å². The largest absolute Gasteiger partial charge is 0.507 e. The summed E-state index contributed by atoms with van der Waals surface area (Å²) in [7, 11) is 0. The van der Waals surface area contributed by atoms with Gasteiger partial charge in [-0.1, -0.05) is 12.1 Å². The van der Waals surface area contributed by atoms with E-state index in [4.69, 9.17) is 0 Å². The van der Waals surface area contributed by atoms with E-state index < -0.39 is 0 Å². The van der Waals surface area contributed by atoms with Gasteiger partial charge in [0, 0.05) is 16.7 Å². The van der Waals surface area contributed by atoms with Crippen molar-refractivity contribution in [1.82, 2.24) is 4.98 Å². The third-order valence-corrected chi connectivity index (χ3v) is 3.58. The second kappa shape index (κ2) is 4.47. The molecule has 2 heterocycles. The first-order valence-corrected chi connectivity index (χ1v) is 6.64. The minimum absolute atomic E-state index is 0.0734. The van der Waals surface area contributed by atoms with Gasteiger partial charge in [0.2, 0.25) is 5.13 Å². The van der Waals surface area contributed by atoms with E-state index in [0.29, 0.717) is 22.8 Å². The summed E-state index contributed by atoms with van der Waals surface area (Å²) in [5, 5.41) is 17.6. The lowest BCUT2D eigenvalue weighted by atomic mass is 10.1. The van der Waals surface area contributed by atoms with Crippen molar-refractivity contribution in [3.05, 3.63) is 29.6 Å². The van der Waals surface area contributed by atoms with Crippen LogP contribution in [0.2, 0.25) is 0 Å². The molecule has 96 valence electrons. The first-order valence-electron chi connectivity index (χ1n) is 5.76. The van der Waals surface area contributed by atoms with Crippen molar-refractivity contribution in [1.29, 1.82) is 0 Å². The van der Waals surface area contributed by atoms with E-state index in [2.05, 4.69) is 10.1 Å². The van der Waals surface area contributed by atoms with Crippen LogP contribution in [0.3, 0.4) is 0 Å². The van der Waals surface area contributed by atoms with Gasteiger partial charge in [-0.15, -0.1) is 11.3 Å². The van der Waals surface area contributed by atoms with Crippen molar-refractivity contribution in [3.63, 3.8) is 0 Å². The molecule has 0 saturated carbocycles. The maximum Gasteiger partial charge on any atom is 0.255 e. The Kier molecular flexibility index (Phi) is 2.79. The minimum atomic E-state index is -0.0734. The lowest BCUT2D eigenvalue weighted by Crippen LogP contribution is -2.19. The normalized spacial score (nSPS) is 14.9. The summed E-state index contributed by atoms with van der Waals surface area (Å²) in [5.74, 6) is 0.0995. The Hall–Kier alpha value is -2.21. The van der Waals surface area contributed by atoms with Crippen molar-refractivity contribution < 1.29 is 9.90 Å². The fourth-order valence-electron chi connectivity index (χ4n) is 1.88. The van der Waals surface area contributed by atoms with Crippen LogP contribution < -0.4 is 5.01 Å².